The van der Waals surface area contributed by atoms with E-state index in [2.05, 4.69) is 6.92 Å². The van der Waals surface area contributed by atoms with Crippen LogP contribution in [-0.2, 0) is 35.3 Å². The predicted molar refractivity (Wildman–Crippen MR) is 138 cm³/mol. The average molecular weight is 548 g/mol. The number of ketones is 2. The fourth-order valence-corrected chi connectivity index (χ4v) is 8.51. The molecule has 0 amide bonds. The van der Waals surface area contributed by atoms with E-state index in [0.29, 0.717) is 25.8 Å². The second-order valence-corrected chi connectivity index (χ2v) is 13.6. The van der Waals surface area contributed by atoms with Gasteiger partial charge in [0.2, 0.25) is 0 Å². The molecule has 9 nitrogen and oxygen atoms in total. The average Bonchev–Trinajstić information content (AvgIpc) is 3.43. The number of aliphatic hydroxyl groups excluding tert-OH is 1. The van der Waals surface area contributed by atoms with Gasteiger partial charge >= 0.3 is 0 Å². The molecule has 0 saturated heterocycles. The molecule has 4 aliphatic carbocycles. The Morgan fingerprint density at radius 1 is 1.29 bits per heavy atom. The van der Waals surface area contributed by atoms with Crippen molar-refractivity contribution in [2.45, 2.75) is 64.2 Å². The van der Waals surface area contributed by atoms with E-state index >= 15 is 0 Å². The summed E-state index contributed by atoms with van der Waals surface area (Å²) in [5.41, 5.74) is -0.633. The smallest absolute Gasteiger partial charge is 0.264 e. The zero-order valence-corrected chi connectivity index (χ0v) is 23.2. The number of hydrogen-bond donors (Lipinski definition) is 1. The van der Waals surface area contributed by atoms with Gasteiger partial charge in [-0.05, 0) is 62.2 Å². The van der Waals surface area contributed by atoms with Gasteiger partial charge in [-0.1, -0.05) is 25.5 Å². The van der Waals surface area contributed by atoms with Gasteiger partial charge in [0.1, 0.15) is 6.61 Å². The fourth-order valence-electron chi connectivity index (χ4n) is 8.19. The highest BCUT2D eigenvalue weighted by Gasteiger charge is 2.70. The Labute approximate surface area is 223 Å². The van der Waals surface area contributed by atoms with Crippen LogP contribution in [0.4, 0.5) is 0 Å². The summed E-state index contributed by atoms with van der Waals surface area (Å²) >= 11 is 0. The van der Waals surface area contributed by atoms with E-state index in [-0.39, 0.29) is 23.5 Å². The lowest BCUT2D eigenvalue weighted by Crippen LogP contribution is -2.63. The van der Waals surface area contributed by atoms with Crippen LogP contribution in [0.15, 0.2) is 46.8 Å². The first-order chi connectivity index (χ1) is 17.8. The van der Waals surface area contributed by atoms with Gasteiger partial charge in [-0.2, -0.15) is 13.5 Å². The summed E-state index contributed by atoms with van der Waals surface area (Å²) in [4.78, 5) is 32.5. The second-order valence-electron chi connectivity index (χ2n) is 12.0. The Bertz CT molecular complexity index is 1270. The van der Waals surface area contributed by atoms with Crippen LogP contribution in [0, 0.1) is 28.6 Å². The van der Waals surface area contributed by atoms with Crippen molar-refractivity contribution in [2.24, 2.45) is 28.6 Å². The van der Waals surface area contributed by atoms with Gasteiger partial charge in [-0.25, -0.2) is 0 Å². The number of rotatable bonds is 8. The van der Waals surface area contributed by atoms with Gasteiger partial charge in [0, 0.05) is 29.4 Å². The molecule has 38 heavy (non-hydrogen) atoms. The van der Waals surface area contributed by atoms with Gasteiger partial charge in [-0.3, -0.25) is 18.6 Å². The van der Waals surface area contributed by atoms with E-state index < -0.39 is 45.0 Å². The van der Waals surface area contributed by atoms with E-state index in [9.17, 15) is 23.1 Å². The van der Waals surface area contributed by atoms with E-state index in [1.165, 1.54) is 0 Å². The molecule has 4 aliphatic rings. The minimum atomic E-state index is -3.84. The number of carbonyl (C=O) groups excluding carboxylic acids is 2. The van der Waals surface area contributed by atoms with E-state index in [1.807, 2.05) is 19.1 Å². The van der Waals surface area contributed by atoms with E-state index in [4.69, 9.17) is 13.4 Å². The third-order valence-corrected chi connectivity index (χ3v) is 10.3. The van der Waals surface area contributed by atoms with Crippen LogP contribution < -0.4 is 0 Å². The SMILES string of the molecule is CN(Cc1ccoc1)O[C@]1(C(=O)COS(C)(=O)=O)CC[C@H]2C3CCC4=CC(=O)C=CC4(C)C3C(O)CC21C. The number of hydroxylamine groups is 2. The maximum absolute atomic E-state index is 13.9. The highest BCUT2D eigenvalue weighted by Crippen LogP contribution is 2.68. The van der Waals surface area contributed by atoms with Gasteiger partial charge in [0.05, 0.1) is 31.4 Å². The molecule has 0 aromatic carbocycles. The highest BCUT2D eigenvalue weighted by atomic mass is 32.2. The van der Waals surface area contributed by atoms with Crippen molar-refractivity contribution in [3.63, 3.8) is 0 Å². The molecule has 1 aromatic rings. The normalized spacial score (nSPS) is 38.5. The van der Waals surface area contributed by atoms with Crippen molar-refractivity contribution in [2.75, 3.05) is 19.9 Å². The number of hydrogen-bond acceptors (Lipinski definition) is 9. The summed E-state index contributed by atoms with van der Waals surface area (Å²) in [6.45, 7) is 3.84. The Morgan fingerprint density at radius 2 is 2.05 bits per heavy atom. The van der Waals surface area contributed by atoms with Crippen LogP contribution in [0.2, 0.25) is 0 Å². The molecule has 3 saturated carbocycles. The van der Waals surface area contributed by atoms with Crippen molar-refractivity contribution in [1.82, 2.24) is 5.06 Å². The second kappa shape index (κ2) is 9.52. The first-order valence-electron chi connectivity index (χ1n) is 13.2. The molecule has 5 unspecified atom stereocenters. The minimum Gasteiger partial charge on any atom is -0.472 e. The first kappa shape index (κ1) is 27.5. The number of allylic oxidation sites excluding steroid dienone is 4. The Kier molecular flexibility index (Phi) is 6.88. The maximum atomic E-state index is 13.9. The molecule has 5 rings (SSSR count). The molecule has 1 aromatic heterocycles. The molecule has 1 N–H and O–H groups in total. The van der Waals surface area contributed by atoms with Crippen LogP contribution in [0.5, 0.6) is 0 Å². The third kappa shape index (κ3) is 4.44. The fraction of sp³-hybridized carbons (Fsp3) is 0.643. The third-order valence-electron chi connectivity index (χ3n) is 9.77. The monoisotopic (exact) mass is 547 g/mol. The zero-order valence-electron chi connectivity index (χ0n) is 22.4. The quantitative estimate of drug-likeness (QED) is 0.386. The van der Waals surface area contributed by atoms with Gasteiger partial charge < -0.3 is 9.52 Å². The Hall–Kier alpha value is -2.11. The maximum Gasteiger partial charge on any atom is 0.264 e. The molecular weight excluding hydrogens is 510 g/mol. The van der Waals surface area contributed by atoms with Crippen LogP contribution in [0.25, 0.3) is 0 Å². The lowest BCUT2D eigenvalue weighted by molar-refractivity contribution is -0.277. The van der Waals surface area contributed by atoms with Crippen molar-refractivity contribution >= 4 is 21.7 Å². The van der Waals surface area contributed by atoms with E-state index in [0.717, 1.165) is 30.2 Å². The predicted octanol–water partition coefficient (Wildman–Crippen LogP) is 3.21. The lowest BCUT2D eigenvalue weighted by atomic mass is 9.46. The Morgan fingerprint density at radius 3 is 2.74 bits per heavy atom. The summed E-state index contributed by atoms with van der Waals surface area (Å²) in [5, 5.41) is 13.3. The van der Waals surface area contributed by atoms with Crippen LogP contribution in [-0.4, -0.2) is 61.8 Å². The highest BCUT2D eigenvalue weighted by molar-refractivity contribution is 7.86. The standard InChI is InChI=1S/C28H37NO8S/c1-26-10-7-20(30)13-19(26)5-6-21-22-8-11-28(24(32)17-36-38(4,33)34,27(22,2)14-23(31)25(21)26)37-29(3)15-18-9-12-35-16-18/h7,9-10,12-13,16,21-23,25,31H,5-6,8,11,14-15,17H2,1-4H3/t21?,22-,23?,25?,26?,27?,28-/m0/s1. The van der Waals surface area contributed by atoms with Crippen LogP contribution >= 0.6 is 0 Å². The lowest BCUT2D eigenvalue weighted by Gasteiger charge is -2.60. The molecule has 0 spiro atoms. The molecule has 0 aliphatic heterocycles. The van der Waals surface area contributed by atoms with Crippen molar-refractivity contribution < 1.29 is 36.6 Å². The topological polar surface area (TPSA) is 123 Å². The van der Waals surface area contributed by atoms with Crippen molar-refractivity contribution in [1.29, 1.82) is 0 Å². The molecule has 10 heteroatoms. The molecule has 0 radical (unpaired) electrons. The van der Waals surface area contributed by atoms with Crippen molar-refractivity contribution in [3.8, 4) is 0 Å². The van der Waals surface area contributed by atoms with Crippen LogP contribution in [0.1, 0.15) is 51.5 Å². The minimum absolute atomic E-state index is 0.0171. The summed E-state index contributed by atoms with van der Waals surface area (Å²) in [5.74, 6) is -0.381. The number of fused-ring (bicyclic) bond motifs is 5. The number of Topliss-reactive ketones (excluding diaryl/α,β-unsaturated/α-hetero) is 1. The summed E-state index contributed by atoms with van der Waals surface area (Å²) in [7, 11) is -2.11. The molecule has 0 bridgehead atoms. The number of furan rings is 1. The number of carbonyl (C=O) groups is 2. The number of aliphatic hydroxyl groups is 1. The van der Waals surface area contributed by atoms with Gasteiger partial charge in [0.15, 0.2) is 17.2 Å². The summed E-state index contributed by atoms with van der Waals surface area (Å²) in [6.07, 6.45) is 11.6. The van der Waals surface area contributed by atoms with Crippen molar-refractivity contribution in [3.05, 3.63) is 48.0 Å². The molecule has 1 heterocycles. The van der Waals surface area contributed by atoms with Gasteiger partial charge in [0.25, 0.3) is 10.1 Å². The largest absolute Gasteiger partial charge is 0.472 e. The molecule has 7 atom stereocenters. The zero-order chi connectivity index (χ0) is 27.5. The Balaban J connectivity index is 1.50. The molecule has 208 valence electrons. The van der Waals surface area contributed by atoms with Crippen LogP contribution in [0.3, 0.4) is 0 Å². The summed E-state index contributed by atoms with van der Waals surface area (Å²) < 4.78 is 33.7. The number of nitrogens with zero attached hydrogens (tertiary/aromatic N) is 1. The van der Waals surface area contributed by atoms with Gasteiger partial charge in [-0.15, -0.1) is 0 Å². The molecular formula is C28H37NO8S. The molecule has 3 fully saturated rings. The first-order valence-corrected chi connectivity index (χ1v) is 15.0. The summed E-state index contributed by atoms with van der Waals surface area (Å²) in [6, 6.07) is 1.81. The van der Waals surface area contributed by atoms with E-state index in [1.54, 1.807) is 36.8 Å².